The van der Waals surface area contributed by atoms with Crippen molar-refractivity contribution in [2.45, 2.75) is 13.3 Å². The van der Waals surface area contributed by atoms with Crippen LogP contribution in [0.25, 0.3) is 0 Å². The molecule has 3 amide bonds. The van der Waals surface area contributed by atoms with Crippen LogP contribution in [-0.4, -0.2) is 58.9 Å². The van der Waals surface area contributed by atoms with Crippen LogP contribution in [0.1, 0.15) is 44.5 Å². The van der Waals surface area contributed by atoms with Gasteiger partial charge in [0.25, 0.3) is 11.8 Å². The number of hydrazine groups is 1. The lowest BCUT2D eigenvalue weighted by molar-refractivity contribution is -0.114. The van der Waals surface area contributed by atoms with E-state index in [0.717, 1.165) is 0 Å². The van der Waals surface area contributed by atoms with E-state index in [-0.39, 0.29) is 27.8 Å². The predicted octanol–water partition coefficient (Wildman–Crippen LogP) is 2.38. The molecular weight excluding hydrogens is 412 g/mol. The lowest BCUT2D eigenvalue weighted by Crippen LogP contribution is -2.45. The second kappa shape index (κ2) is 8.91. The van der Waals surface area contributed by atoms with Gasteiger partial charge in [-0.3, -0.25) is 19.4 Å². The Labute approximate surface area is 177 Å². The van der Waals surface area contributed by atoms with Crippen LogP contribution in [0.2, 0.25) is 5.02 Å². The highest BCUT2D eigenvalue weighted by Gasteiger charge is 2.33. The van der Waals surface area contributed by atoms with Crippen molar-refractivity contribution in [1.82, 2.24) is 15.0 Å². The monoisotopic (exact) mass is 430 g/mol. The maximum absolute atomic E-state index is 13.1. The highest BCUT2D eigenvalue weighted by Crippen LogP contribution is 2.28. The normalized spacial score (nSPS) is 13.2. The van der Waals surface area contributed by atoms with Gasteiger partial charge in [-0.15, -0.1) is 0 Å². The topological polar surface area (TPSA) is 109 Å². The molecule has 1 aromatic heterocycles. The average molecular weight is 431 g/mol. The largest absolute Gasteiger partial charge is 0.465 e. The van der Waals surface area contributed by atoms with Crippen LogP contribution in [-0.2, 0) is 9.53 Å². The van der Waals surface area contributed by atoms with Crippen LogP contribution >= 0.6 is 11.6 Å². The molecule has 3 rings (SSSR count). The van der Waals surface area contributed by atoms with Crippen LogP contribution in [0.4, 0.5) is 5.69 Å². The summed E-state index contributed by atoms with van der Waals surface area (Å²) in [6.07, 6.45) is 1.83. The second-order valence-electron chi connectivity index (χ2n) is 6.48. The quantitative estimate of drug-likeness (QED) is 0.746. The molecule has 2 aromatic rings. The van der Waals surface area contributed by atoms with E-state index in [9.17, 15) is 19.2 Å². The fraction of sp³-hybridized carbons (Fsp3) is 0.250. The molecule has 2 heterocycles. The standard InChI is InChI=1S/C20H19ClN4O5/c1-12(26)23-15-6-3-5-14(17(15)21)18(27)24-9-4-10-25(24)19(28)16-8-7-13(11-22-16)20(29)30-2/h3,5-8,11H,4,9-10H2,1-2H3,(H,23,26). The van der Waals surface area contributed by atoms with E-state index in [1.165, 1.54) is 48.4 Å². The number of benzene rings is 1. The van der Waals surface area contributed by atoms with Crippen molar-refractivity contribution in [3.05, 3.63) is 58.4 Å². The summed E-state index contributed by atoms with van der Waals surface area (Å²) in [5.41, 5.74) is 0.772. The van der Waals surface area contributed by atoms with E-state index in [2.05, 4.69) is 15.0 Å². The van der Waals surface area contributed by atoms with Crippen molar-refractivity contribution in [3.63, 3.8) is 0 Å². The van der Waals surface area contributed by atoms with Crippen molar-refractivity contribution in [2.75, 3.05) is 25.5 Å². The summed E-state index contributed by atoms with van der Waals surface area (Å²) in [6.45, 7) is 1.99. The highest BCUT2D eigenvalue weighted by atomic mass is 35.5. The number of carbonyl (C=O) groups excluding carboxylic acids is 4. The molecule has 1 saturated heterocycles. The molecule has 9 nitrogen and oxygen atoms in total. The summed E-state index contributed by atoms with van der Waals surface area (Å²) in [7, 11) is 1.25. The Balaban J connectivity index is 1.83. The first kappa shape index (κ1) is 21.3. The molecule has 1 aliphatic heterocycles. The molecule has 0 radical (unpaired) electrons. The number of rotatable bonds is 4. The van der Waals surface area contributed by atoms with Gasteiger partial charge in [0.05, 0.1) is 28.9 Å². The van der Waals surface area contributed by atoms with Gasteiger partial charge in [-0.25, -0.2) is 14.8 Å². The molecule has 0 aliphatic carbocycles. The fourth-order valence-corrected chi connectivity index (χ4v) is 3.30. The first-order valence-electron chi connectivity index (χ1n) is 9.07. The van der Waals surface area contributed by atoms with Crippen molar-refractivity contribution < 1.29 is 23.9 Å². The minimum absolute atomic E-state index is 0.0837. The maximum Gasteiger partial charge on any atom is 0.339 e. The summed E-state index contributed by atoms with van der Waals surface area (Å²) >= 11 is 6.31. The minimum Gasteiger partial charge on any atom is -0.465 e. The number of ether oxygens (including phenoxy) is 1. The Morgan fingerprint density at radius 3 is 2.37 bits per heavy atom. The molecule has 30 heavy (non-hydrogen) atoms. The van der Waals surface area contributed by atoms with Crippen molar-refractivity contribution in [1.29, 1.82) is 0 Å². The van der Waals surface area contributed by atoms with Gasteiger partial charge >= 0.3 is 5.97 Å². The number of amides is 3. The van der Waals surface area contributed by atoms with Gasteiger partial charge < -0.3 is 10.1 Å². The molecular formula is C20H19ClN4O5. The van der Waals surface area contributed by atoms with Gasteiger partial charge in [-0.1, -0.05) is 17.7 Å². The lowest BCUT2D eigenvalue weighted by atomic mass is 10.1. The Bertz CT molecular complexity index is 1010. The molecule has 1 N–H and O–H groups in total. The zero-order valence-corrected chi connectivity index (χ0v) is 17.1. The van der Waals surface area contributed by atoms with Gasteiger partial charge in [0, 0.05) is 26.2 Å². The van der Waals surface area contributed by atoms with Gasteiger partial charge in [0.2, 0.25) is 5.91 Å². The molecule has 0 atom stereocenters. The smallest absolute Gasteiger partial charge is 0.339 e. The van der Waals surface area contributed by atoms with Gasteiger partial charge in [-0.2, -0.15) is 0 Å². The summed E-state index contributed by atoms with van der Waals surface area (Å²) < 4.78 is 4.61. The summed E-state index contributed by atoms with van der Waals surface area (Å²) in [6, 6.07) is 7.54. The number of halogens is 1. The zero-order chi connectivity index (χ0) is 21.8. The van der Waals surface area contributed by atoms with Crippen molar-refractivity contribution in [3.8, 4) is 0 Å². The average Bonchev–Trinajstić information content (AvgIpc) is 3.23. The number of aromatic nitrogens is 1. The Morgan fingerprint density at radius 1 is 1.07 bits per heavy atom. The van der Waals surface area contributed by atoms with E-state index >= 15 is 0 Å². The van der Waals surface area contributed by atoms with E-state index in [4.69, 9.17) is 11.6 Å². The second-order valence-corrected chi connectivity index (χ2v) is 6.86. The number of anilines is 1. The van der Waals surface area contributed by atoms with Gasteiger partial charge in [0.15, 0.2) is 0 Å². The molecule has 10 heteroatoms. The zero-order valence-electron chi connectivity index (χ0n) is 16.3. The molecule has 0 saturated carbocycles. The number of carbonyl (C=O) groups is 4. The molecule has 0 spiro atoms. The third-order valence-corrected chi connectivity index (χ3v) is 4.85. The molecule has 0 unspecified atom stereocenters. The van der Waals surface area contributed by atoms with E-state index in [1.54, 1.807) is 12.1 Å². The Hall–Kier alpha value is -3.46. The number of pyridine rings is 1. The van der Waals surface area contributed by atoms with Crippen molar-refractivity contribution in [2.24, 2.45) is 0 Å². The molecule has 1 fully saturated rings. The summed E-state index contributed by atoms with van der Waals surface area (Å²) in [5, 5.41) is 5.26. The number of nitrogens with zero attached hydrogens (tertiary/aromatic N) is 3. The van der Waals surface area contributed by atoms with Crippen LogP contribution in [0, 0.1) is 0 Å². The molecule has 156 valence electrons. The fourth-order valence-electron chi connectivity index (χ4n) is 3.05. The molecule has 1 aromatic carbocycles. The summed E-state index contributed by atoms with van der Waals surface area (Å²) in [4.78, 5) is 52.9. The molecule has 0 bridgehead atoms. The lowest BCUT2D eigenvalue weighted by Gasteiger charge is -2.28. The Morgan fingerprint density at radius 2 is 1.77 bits per heavy atom. The number of esters is 1. The van der Waals surface area contributed by atoms with Crippen LogP contribution in [0.3, 0.4) is 0 Å². The number of hydrogen-bond acceptors (Lipinski definition) is 6. The SMILES string of the molecule is COC(=O)c1ccc(C(=O)N2CCCN2C(=O)c2cccc(NC(C)=O)c2Cl)nc1. The first-order valence-corrected chi connectivity index (χ1v) is 9.45. The number of hydrogen-bond donors (Lipinski definition) is 1. The van der Waals surface area contributed by atoms with Crippen molar-refractivity contribution >= 4 is 41.0 Å². The van der Waals surface area contributed by atoms with Gasteiger partial charge in [-0.05, 0) is 30.7 Å². The van der Waals surface area contributed by atoms with Crippen LogP contribution in [0.15, 0.2) is 36.5 Å². The summed E-state index contributed by atoms with van der Waals surface area (Å²) in [5.74, 6) is -1.83. The number of nitrogens with one attached hydrogen (secondary N) is 1. The molecule has 1 aliphatic rings. The maximum atomic E-state index is 13.1. The van der Waals surface area contributed by atoms with E-state index < -0.39 is 17.8 Å². The van der Waals surface area contributed by atoms with E-state index in [1.807, 2.05) is 0 Å². The highest BCUT2D eigenvalue weighted by molar-refractivity contribution is 6.36. The minimum atomic E-state index is -0.562. The van der Waals surface area contributed by atoms with Gasteiger partial charge in [0.1, 0.15) is 5.69 Å². The predicted molar refractivity (Wildman–Crippen MR) is 108 cm³/mol. The number of methoxy groups -OCH3 is 1. The van der Waals surface area contributed by atoms with Crippen LogP contribution in [0.5, 0.6) is 0 Å². The third-order valence-electron chi connectivity index (χ3n) is 4.44. The Kier molecular flexibility index (Phi) is 6.31. The first-order chi connectivity index (χ1) is 14.3. The van der Waals surface area contributed by atoms with Crippen LogP contribution < -0.4 is 5.32 Å². The van der Waals surface area contributed by atoms with E-state index in [0.29, 0.717) is 25.2 Å². The third kappa shape index (κ3) is 4.25.